The maximum absolute atomic E-state index is 13.4. The lowest BCUT2D eigenvalue weighted by Crippen LogP contribution is -2.30. The summed E-state index contributed by atoms with van der Waals surface area (Å²) in [6.07, 6.45) is 0.410. The summed E-state index contributed by atoms with van der Waals surface area (Å²) >= 11 is 22.9. The lowest BCUT2D eigenvalue weighted by Gasteiger charge is -2.21. The van der Waals surface area contributed by atoms with Crippen LogP contribution >= 0.6 is 61.6 Å². The first-order chi connectivity index (χ1) is 15.0. The van der Waals surface area contributed by atoms with Crippen molar-refractivity contribution in [2.24, 2.45) is 0 Å². The van der Waals surface area contributed by atoms with E-state index < -0.39 is 31.6 Å². The van der Waals surface area contributed by atoms with Crippen LogP contribution in [0, 0.1) is 0 Å². The fraction of sp³-hybridized carbons (Fsp3) is 0.812. The summed E-state index contributed by atoms with van der Waals surface area (Å²) in [6, 6.07) is 0. The van der Waals surface area contributed by atoms with Gasteiger partial charge in [-0.05, 0) is 38.8 Å². The van der Waals surface area contributed by atoms with E-state index in [0.29, 0.717) is 13.0 Å². The molecule has 1 unspecified atom stereocenters. The molecule has 0 aliphatic rings. The molecule has 0 aliphatic heterocycles. The van der Waals surface area contributed by atoms with E-state index in [9.17, 15) is 9.13 Å². The Bertz CT molecular complexity index is 789. The van der Waals surface area contributed by atoms with Crippen molar-refractivity contribution in [1.29, 1.82) is 0 Å². The summed E-state index contributed by atoms with van der Waals surface area (Å²) in [7, 11) is -8.22. The van der Waals surface area contributed by atoms with Crippen LogP contribution in [0.15, 0.2) is 0 Å². The molecule has 16 heteroatoms. The van der Waals surface area contributed by atoms with Crippen molar-refractivity contribution >= 4 is 72.7 Å². The largest absolute Gasteiger partial charge is 0.398 e. The van der Waals surface area contributed by atoms with Crippen LogP contribution in [-0.4, -0.2) is 71.2 Å². The molecule has 0 saturated carbocycles. The number of nitrogens with zero attached hydrogens (tertiary/aromatic N) is 3. The second-order valence-corrected chi connectivity index (χ2v) is 12.2. The number of ether oxygens (including phenoxy) is 1. The van der Waals surface area contributed by atoms with E-state index in [1.165, 1.54) is 0 Å². The number of hydrogen-bond donors (Lipinski definition) is 0. The molecule has 1 aromatic rings. The maximum atomic E-state index is 13.4. The van der Waals surface area contributed by atoms with E-state index in [0.717, 1.165) is 0 Å². The fourth-order valence-electron chi connectivity index (χ4n) is 1.97. The fourth-order valence-corrected chi connectivity index (χ4v) is 5.72. The molecule has 32 heavy (non-hydrogen) atoms. The van der Waals surface area contributed by atoms with Crippen molar-refractivity contribution in [3.8, 4) is 0 Å². The molecule has 0 amide bonds. The average Bonchev–Trinajstić information content (AvgIpc) is 2.73. The molecule has 0 bridgehead atoms. The second kappa shape index (κ2) is 14.7. The lowest BCUT2D eigenvalue weighted by atomic mass is 10.2. The van der Waals surface area contributed by atoms with Gasteiger partial charge in [0.05, 0.1) is 32.0 Å². The Morgan fingerprint density at radius 1 is 0.719 bits per heavy atom. The topological polar surface area (TPSA) is 119 Å². The van der Waals surface area contributed by atoms with Gasteiger partial charge in [0.25, 0.3) is 0 Å². The van der Waals surface area contributed by atoms with Crippen LogP contribution < -0.4 is 11.1 Å². The highest BCUT2D eigenvalue weighted by Crippen LogP contribution is 2.48. The SMILES string of the molecule is CC(C)(C)OCCCOP(=O)(OCCCl)c1nc(Cl)nc(P(=O)(OCCCl)OCCCl)n1. The van der Waals surface area contributed by atoms with E-state index in [2.05, 4.69) is 15.0 Å². The Morgan fingerprint density at radius 2 is 1.12 bits per heavy atom. The molecule has 0 aromatic carbocycles. The molecule has 186 valence electrons. The van der Waals surface area contributed by atoms with Gasteiger partial charge in [0.15, 0.2) is 0 Å². The highest BCUT2D eigenvalue weighted by molar-refractivity contribution is 7.63. The molecule has 0 N–H and O–H groups in total. The summed E-state index contributed by atoms with van der Waals surface area (Å²) in [5.41, 5.74) is -1.27. The minimum Gasteiger partial charge on any atom is -0.376 e. The van der Waals surface area contributed by atoms with Gasteiger partial charge in [-0.2, -0.15) is 15.0 Å². The minimum absolute atomic E-state index is 0.00254. The molecular weight excluding hydrogens is 550 g/mol. The highest BCUT2D eigenvalue weighted by Gasteiger charge is 2.38. The maximum Gasteiger partial charge on any atom is 0.398 e. The standard InChI is InChI=1S/C16H27Cl4N3O7P2/c1-16(2,3)26-8-4-9-27-31(24,28-10-5-17)14-21-13(20)22-15(23-14)32(25,29-11-6-18)30-12-7-19/h4-12H2,1-3H3. The molecule has 0 aliphatic carbocycles. The van der Waals surface area contributed by atoms with E-state index in [1.807, 2.05) is 20.8 Å². The minimum atomic E-state index is -4.12. The van der Waals surface area contributed by atoms with Gasteiger partial charge < -0.3 is 22.8 Å². The average molecular weight is 577 g/mol. The summed E-state index contributed by atoms with van der Waals surface area (Å²) in [5, 5.41) is -0.413. The Kier molecular flexibility index (Phi) is 14.0. The number of halogens is 4. The Balaban J connectivity index is 3.17. The summed E-state index contributed by atoms with van der Waals surface area (Å²) in [4.78, 5) is 11.6. The van der Waals surface area contributed by atoms with Crippen LogP contribution in [0.4, 0.5) is 0 Å². The number of aromatic nitrogens is 3. The zero-order valence-corrected chi connectivity index (χ0v) is 22.8. The van der Waals surface area contributed by atoms with Crippen LogP contribution in [0.25, 0.3) is 0 Å². The molecule has 0 spiro atoms. The van der Waals surface area contributed by atoms with E-state index in [-0.39, 0.29) is 49.7 Å². The summed E-state index contributed by atoms with van der Waals surface area (Å²) < 4.78 is 53.5. The number of alkyl halides is 3. The molecule has 1 heterocycles. The third-order valence-corrected chi connectivity index (χ3v) is 7.28. The van der Waals surface area contributed by atoms with Gasteiger partial charge in [-0.3, -0.25) is 9.13 Å². The van der Waals surface area contributed by atoms with Gasteiger partial charge in [-0.15, -0.1) is 34.8 Å². The first-order valence-corrected chi connectivity index (χ1v) is 14.6. The van der Waals surface area contributed by atoms with Crippen molar-refractivity contribution in [3.63, 3.8) is 0 Å². The van der Waals surface area contributed by atoms with Gasteiger partial charge >= 0.3 is 15.2 Å². The first kappa shape index (κ1) is 30.5. The molecule has 1 atom stereocenters. The van der Waals surface area contributed by atoms with Gasteiger partial charge in [0, 0.05) is 24.2 Å². The lowest BCUT2D eigenvalue weighted by molar-refractivity contribution is -0.00805. The van der Waals surface area contributed by atoms with E-state index >= 15 is 0 Å². The molecule has 0 saturated heterocycles. The zero-order chi connectivity index (χ0) is 24.3. The summed E-state index contributed by atoms with van der Waals surface area (Å²) in [6.45, 7) is 5.69. The van der Waals surface area contributed by atoms with E-state index in [4.69, 9.17) is 69.2 Å². The van der Waals surface area contributed by atoms with Gasteiger partial charge in [-0.25, -0.2) is 0 Å². The first-order valence-electron chi connectivity index (χ1n) is 9.52. The third-order valence-electron chi connectivity index (χ3n) is 3.17. The van der Waals surface area contributed by atoms with Crippen LogP contribution in [0.1, 0.15) is 27.2 Å². The Morgan fingerprint density at radius 3 is 1.50 bits per heavy atom. The van der Waals surface area contributed by atoms with Crippen molar-refractivity contribution in [3.05, 3.63) is 5.28 Å². The smallest absolute Gasteiger partial charge is 0.376 e. The van der Waals surface area contributed by atoms with Crippen LogP contribution in [0.5, 0.6) is 0 Å². The predicted molar refractivity (Wildman–Crippen MR) is 126 cm³/mol. The normalized spacial score (nSPS) is 14.5. The second-order valence-electron chi connectivity index (χ2n) is 6.91. The Labute approximate surface area is 208 Å². The summed E-state index contributed by atoms with van der Waals surface area (Å²) in [5.74, 6) is 0.0796. The molecule has 0 fully saturated rings. The Hall–Kier alpha value is 0.430. The molecule has 0 radical (unpaired) electrons. The van der Waals surface area contributed by atoms with Crippen LogP contribution in [0.3, 0.4) is 0 Å². The molecular formula is C16H27Cl4N3O7P2. The van der Waals surface area contributed by atoms with Crippen molar-refractivity contribution in [1.82, 2.24) is 15.0 Å². The number of rotatable bonds is 16. The van der Waals surface area contributed by atoms with Gasteiger partial charge in [-0.1, -0.05) is 0 Å². The van der Waals surface area contributed by atoms with Crippen molar-refractivity contribution < 1.29 is 32.0 Å². The highest BCUT2D eigenvalue weighted by atomic mass is 35.5. The quantitative estimate of drug-likeness (QED) is 0.161. The molecule has 1 aromatic heterocycles. The molecule has 10 nitrogen and oxygen atoms in total. The van der Waals surface area contributed by atoms with E-state index in [1.54, 1.807) is 0 Å². The van der Waals surface area contributed by atoms with Crippen LogP contribution in [-0.2, 0) is 32.0 Å². The number of hydrogen-bond acceptors (Lipinski definition) is 10. The monoisotopic (exact) mass is 575 g/mol. The van der Waals surface area contributed by atoms with Crippen LogP contribution in [0.2, 0.25) is 5.28 Å². The zero-order valence-electron chi connectivity index (χ0n) is 18.0. The predicted octanol–water partition coefficient (Wildman–Crippen LogP) is 4.15. The molecule has 1 rings (SSSR count). The van der Waals surface area contributed by atoms with Crippen molar-refractivity contribution in [2.75, 3.05) is 50.7 Å². The van der Waals surface area contributed by atoms with Crippen molar-refractivity contribution in [2.45, 2.75) is 32.8 Å². The van der Waals surface area contributed by atoms with Gasteiger partial charge in [0.2, 0.25) is 16.4 Å². The third kappa shape index (κ3) is 10.8. The van der Waals surface area contributed by atoms with Gasteiger partial charge in [0.1, 0.15) is 0 Å².